The number of aromatic nitrogens is 2. The van der Waals surface area contributed by atoms with E-state index >= 15 is 4.39 Å². The van der Waals surface area contributed by atoms with Gasteiger partial charge in [-0.15, -0.1) is 12.4 Å². The third-order valence-corrected chi connectivity index (χ3v) is 5.98. The van der Waals surface area contributed by atoms with Crippen molar-refractivity contribution in [1.29, 1.82) is 0 Å². The van der Waals surface area contributed by atoms with Crippen LogP contribution in [0.25, 0.3) is 11.0 Å². The van der Waals surface area contributed by atoms with Gasteiger partial charge in [-0.05, 0) is 18.9 Å². The molecular weight excluding hydrogens is 417 g/mol. The number of nitrogens with zero attached hydrogens (tertiary/aromatic N) is 4. The van der Waals surface area contributed by atoms with Crippen LogP contribution >= 0.6 is 12.4 Å². The van der Waals surface area contributed by atoms with Crippen LogP contribution in [0.1, 0.15) is 29.2 Å². The number of carboxylic acid groups (broad SMARTS) is 1. The summed E-state index contributed by atoms with van der Waals surface area (Å²) in [6.07, 6.45) is 3.07. The molecule has 3 fully saturated rings. The minimum atomic E-state index is -1.32. The fourth-order valence-electron chi connectivity index (χ4n) is 4.23. The SMILES string of the molecule is CO/N=C1\CN(c2nc3c(cc2F)c(=O)c(C(=O)O)cn3C2CC2)CC12CNC2.Cl. The van der Waals surface area contributed by atoms with Crippen molar-refractivity contribution in [1.82, 2.24) is 14.9 Å². The zero-order valence-corrected chi connectivity index (χ0v) is 17.0. The molecule has 0 atom stereocenters. The Hall–Kier alpha value is -2.72. The molecule has 160 valence electrons. The molecule has 0 radical (unpaired) electrons. The molecule has 2 aromatic rings. The monoisotopic (exact) mass is 437 g/mol. The number of carbonyl (C=O) groups is 1. The normalized spacial score (nSPS) is 21.0. The highest BCUT2D eigenvalue weighted by Gasteiger charge is 2.50. The van der Waals surface area contributed by atoms with Gasteiger partial charge in [0.15, 0.2) is 11.6 Å². The summed E-state index contributed by atoms with van der Waals surface area (Å²) in [5.74, 6) is -1.84. The molecule has 11 heteroatoms. The van der Waals surface area contributed by atoms with E-state index in [2.05, 4.69) is 15.5 Å². The van der Waals surface area contributed by atoms with Gasteiger partial charge in [0.2, 0.25) is 5.43 Å². The van der Waals surface area contributed by atoms with Gasteiger partial charge in [-0.3, -0.25) is 4.79 Å². The van der Waals surface area contributed by atoms with Crippen molar-refractivity contribution in [3.05, 3.63) is 33.9 Å². The van der Waals surface area contributed by atoms with E-state index < -0.39 is 17.2 Å². The first-order chi connectivity index (χ1) is 13.9. The van der Waals surface area contributed by atoms with Gasteiger partial charge in [-0.25, -0.2) is 14.2 Å². The molecule has 3 aliphatic rings. The molecule has 1 spiro atoms. The summed E-state index contributed by atoms with van der Waals surface area (Å²) in [5, 5.41) is 16.7. The van der Waals surface area contributed by atoms with Crippen LogP contribution in [-0.4, -0.2) is 59.6 Å². The first-order valence-electron chi connectivity index (χ1n) is 9.48. The molecule has 0 aromatic carbocycles. The Bertz CT molecular complexity index is 1130. The largest absolute Gasteiger partial charge is 0.477 e. The van der Waals surface area contributed by atoms with E-state index in [0.717, 1.165) is 37.7 Å². The second-order valence-corrected chi connectivity index (χ2v) is 7.94. The van der Waals surface area contributed by atoms with Crippen molar-refractivity contribution in [3.63, 3.8) is 0 Å². The summed E-state index contributed by atoms with van der Waals surface area (Å²) in [4.78, 5) is 35.3. The van der Waals surface area contributed by atoms with Crippen LogP contribution in [0.5, 0.6) is 0 Å². The van der Waals surface area contributed by atoms with Crippen LogP contribution in [0, 0.1) is 11.2 Å². The Labute approximate surface area is 176 Å². The maximum absolute atomic E-state index is 15.0. The maximum atomic E-state index is 15.0. The molecule has 0 bridgehead atoms. The number of rotatable bonds is 4. The zero-order chi connectivity index (χ0) is 20.3. The number of pyridine rings is 2. The molecule has 2 N–H and O–H groups in total. The molecule has 0 amide bonds. The van der Waals surface area contributed by atoms with Gasteiger partial charge >= 0.3 is 5.97 Å². The second kappa shape index (κ2) is 7.21. The van der Waals surface area contributed by atoms with Crippen molar-refractivity contribution in [2.24, 2.45) is 10.6 Å². The number of hydrogen-bond donors (Lipinski definition) is 2. The number of aromatic carboxylic acids is 1. The topological polar surface area (TPSA) is 109 Å². The number of anilines is 1. The van der Waals surface area contributed by atoms with Gasteiger partial charge in [-0.2, -0.15) is 0 Å². The minimum Gasteiger partial charge on any atom is -0.477 e. The average molecular weight is 438 g/mol. The first-order valence-corrected chi connectivity index (χ1v) is 9.48. The number of carboxylic acids is 1. The fourth-order valence-corrected chi connectivity index (χ4v) is 4.23. The van der Waals surface area contributed by atoms with Gasteiger partial charge in [0, 0.05) is 31.9 Å². The number of nitrogens with one attached hydrogen (secondary N) is 1. The van der Waals surface area contributed by atoms with E-state index in [9.17, 15) is 14.7 Å². The molecule has 2 aromatic heterocycles. The summed E-state index contributed by atoms with van der Waals surface area (Å²) < 4.78 is 16.7. The van der Waals surface area contributed by atoms with E-state index in [1.54, 1.807) is 9.47 Å². The van der Waals surface area contributed by atoms with Crippen LogP contribution in [0.2, 0.25) is 0 Å². The van der Waals surface area contributed by atoms with Gasteiger partial charge < -0.3 is 24.7 Å². The molecule has 9 nitrogen and oxygen atoms in total. The molecule has 5 rings (SSSR count). The summed E-state index contributed by atoms with van der Waals surface area (Å²) in [6.45, 7) is 2.38. The maximum Gasteiger partial charge on any atom is 0.341 e. The van der Waals surface area contributed by atoms with E-state index in [1.165, 1.54) is 13.3 Å². The van der Waals surface area contributed by atoms with E-state index in [4.69, 9.17) is 4.84 Å². The van der Waals surface area contributed by atoms with E-state index in [-0.39, 0.29) is 40.6 Å². The quantitative estimate of drug-likeness (QED) is 0.696. The molecular formula is C19H21ClFN5O4. The number of hydrogen-bond acceptors (Lipinski definition) is 7. The average Bonchev–Trinajstić information content (AvgIpc) is 3.42. The second-order valence-electron chi connectivity index (χ2n) is 7.94. The third kappa shape index (κ3) is 3.02. The van der Waals surface area contributed by atoms with Crippen molar-refractivity contribution in [3.8, 4) is 0 Å². The highest BCUT2D eigenvalue weighted by Crippen LogP contribution is 2.39. The van der Waals surface area contributed by atoms with Crippen LogP contribution in [0.3, 0.4) is 0 Å². The Morgan fingerprint density at radius 1 is 1.43 bits per heavy atom. The molecule has 0 unspecified atom stereocenters. The van der Waals surface area contributed by atoms with Crippen molar-refractivity contribution in [2.75, 3.05) is 38.2 Å². The van der Waals surface area contributed by atoms with Crippen molar-refractivity contribution < 1.29 is 19.1 Å². The summed E-state index contributed by atoms with van der Waals surface area (Å²) in [5.41, 5.74) is -0.140. The van der Waals surface area contributed by atoms with E-state index in [0.29, 0.717) is 18.7 Å². The lowest BCUT2D eigenvalue weighted by atomic mass is 9.79. The van der Waals surface area contributed by atoms with Crippen LogP contribution < -0.4 is 15.6 Å². The summed E-state index contributed by atoms with van der Waals surface area (Å²) >= 11 is 0. The lowest BCUT2D eigenvalue weighted by molar-refractivity contribution is 0.0695. The highest BCUT2D eigenvalue weighted by molar-refractivity contribution is 5.98. The van der Waals surface area contributed by atoms with Crippen molar-refractivity contribution in [2.45, 2.75) is 18.9 Å². The van der Waals surface area contributed by atoms with Gasteiger partial charge in [-0.1, -0.05) is 5.16 Å². The van der Waals surface area contributed by atoms with Gasteiger partial charge in [0.25, 0.3) is 0 Å². The van der Waals surface area contributed by atoms with Gasteiger partial charge in [0.05, 0.1) is 23.1 Å². The predicted octanol–water partition coefficient (Wildman–Crippen LogP) is 1.40. The smallest absolute Gasteiger partial charge is 0.341 e. The molecule has 30 heavy (non-hydrogen) atoms. The Balaban J connectivity index is 0.00000218. The zero-order valence-electron chi connectivity index (χ0n) is 16.2. The van der Waals surface area contributed by atoms with Crippen molar-refractivity contribution >= 4 is 40.9 Å². The van der Waals surface area contributed by atoms with Crippen LogP contribution in [0.4, 0.5) is 10.2 Å². The van der Waals surface area contributed by atoms with E-state index in [1.807, 2.05) is 0 Å². The lowest BCUT2D eigenvalue weighted by Gasteiger charge is -2.38. The number of halogens is 2. The first kappa shape index (κ1) is 20.5. The van der Waals surface area contributed by atoms with Crippen LogP contribution in [-0.2, 0) is 4.84 Å². The Kier molecular flexibility index (Phi) is 4.94. The predicted molar refractivity (Wildman–Crippen MR) is 110 cm³/mol. The number of oxime groups is 1. The molecule has 2 aliphatic heterocycles. The van der Waals surface area contributed by atoms with Gasteiger partial charge in [0.1, 0.15) is 18.3 Å². The molecule has 1 aliphatic carbocycles. The summed E-state index contributed by atoms with van der Waals surface area (Å²) in [7, 11) is 1.48. The minimum absolute atomic E-state index is 0. The third-order valence-electron chi connectivity index (χ3n) is 5.98. The Morgan fingerprint density at radius 2 is 2.17 bits per heavy atom. The molecule has 2 saturated heterocycles. The lowest BCUT2D eigenvalue weighted by Crippen LogP contribution is -2.58. The highest BCUT2D eigenvalue weighted by atomic mass is 35.5. The fraction of sp³-hybridized carbons (Fsp3) is 0.474. The summed E-state index contributed by atoms with van der Waals surface area (Å²) in [6, 6.07) is 1.19. The molecule has 1 saturated carbocycles. The number of fused-ring (bicyclic) bond motifs is 1. The molecule has 4 heterocycles. The Morgan fingerprint density at radius 3 is 2.73 bits per heavy atom. The standard InChI is InChI=1S/C19H20FN5O4.ClH/c1-29-23-14-6-24(9-19(14)7-21-8-19)17-13(20)4-11-15(26)12(18(27)28)5-25(10-2-3-10)16(11)22-17;/h4-5,10,21H,2-3,6-9H2,1H3,(H,27,28);1H/b23-14+;. The van der Waals surface area contributed by atoms with Crippen LogP contribution in [0.15, 0.2) is 22.2 Å².